The number of unbranched alkanes of at least 4 members (excludes halogenated alkanes) is 1. The zero-order valence-corrected chi connectivity index (χ0v) is 24.5. The van der Waals surface area contributed by atoms with Crippen molar-refractivity contribution in [1.82, 2.24) is 10.2 Å². The van der Waals surface area contributed by atoms with Crippen LogP contribution in [-0.4, -0.2) is 73.5 Å². The number of thiophene rings is 1. The summed E-state index contributed by atoms with van der Waals surface area (Å²) >= 11 is 1.12. The van der Waals surface area contributed by atoms with E-state index in [2.05, 4.69) is 0 Å². The maximum atomic E-state index is 14.5. The number of benzene rings is 1. The average molecular weight is 659 g/mol. The zero-order valence-electron chi connectivity index (χ0n) is 23.7. The van der Waals surface area contributed by atoms with Gasteiger partial charge in [-0.1, -0.05) is 13.3 Å². The summed E-state index contributed by atoms with van der Waals surface area (Å²) in [6, 6.07) is 5.93. The summed E-state index contributed by atoms with van der Waals surface area (Å²) in [6.45, 7) is 1.20. The van der Waals surface area contributed by atoms with Gasteiger partial charge in [0.1, 0.15) is 23.8 Å². The van der Waals surface area contributed by atoms with Crippen LogP contribution < -0.4 is 15.8 Å². The van der Waals surface area contributed by atoms with Crippen molar-refractivity contribution in [3.63, 3.8) is 0 Å². The first-order chi connectivity index (χ1) is 20.8. The minimum absolute atomic E-state index is 0.106. The number of nitrogen functional groups attached to an aromatic ring is 1. The summed E-state index contributed by atoms with van der Waals surface area (Å²) in [5.41, 5.74) is 4.63. The first-order valence-corrected chi connectivity index (χ1v) is 13.3. The quantitative estimate of drug-likeness (QED) is 0.0667. The minimum Gasteiger partial charge on any atom is -0.480 e. The summed E-state index contributed by atoms with van der Waals surface area (Å²) in [6.07, 6.45) is 3.37. The molecule has 0 spiro atoms. The van der Waals surface area contributed by atoms with Gasteiger partial charge in [-0.05, 0) is 42.8 Å². The van der Waals surface area contributed by atoms with Crippen LogP contribution in [0.1, 0.15) is 42.0 Å². The summed E-state index contributed by atoms with van der Waals surface area (Å²) in [5.74, 6) is -11.2. The Bertz CT molecular complexity index is 1500. The van der Waals surface area contributed by atoms with E-state index in [4.69, 9.17) is 31.2 Å². The van der Waals surface area contributed by atoms with Gasteiger partial charge >= 0.3 is 35.8 Å². The number of nitrogens with zero attached hydrogens (tertiary/aromatic N) is 1. The van der Waals surface area contributed by atoms with Gasteiger partial charge in [-0.25, -0.2) is 23.6 Å². The Morgan fingerprint density at radius 2 is 1.73 bits per heavy atom. The van der Waals surface area contributed by atoms with Crippen LogP contribution >= 0.6 is 11.3 Å². The van der Waals surface area contributed by atoms with Crippen molar-refractivity contribution < 1.29 is 62.3 Å². The van der Waals surface area contributed by atoms with E-state index in [0.717, 1.165) is 28.7 Å². The summed E-state index contributed by atoms with van der Waals surface area (Å²) < 4.78 is 42.8. The molecule has 14 nitrogen and oxygen atoms in total. The second kappa shape index (κ2) is 17.0. The van der Waals surface area contributed by atoms with Crippen LogP contribution in [0.5, 0.6) is 5.75 Å². The molecule has 0 fully saturated rings. The molecule has 2 aromatic rings. The number of urea groups is 1. The van der Waals surface area contributed by atoms with E-state index in [0.29, 0.717) is 28.9 Å². The van der Waals surface area contributed by atoms with E-state index in [1.54, 1.807) is 18.2 Å². The van der Waals surface area contributed by atoms with Gasteiger partial charge in [0.05, 0.1) is 17.5 Å². The Labute approximate surface area is 257 Å². The van der Waals surface area contributed by atoms with Crippen molar-refractivity contribution >= 4 is 52.8 Å². The number of carbonyl (C=O) groups excluding carboxylic acids is 1. The van der Waals surface area contributed by atoms with Gasteiger partial charge in [0.25, 0.3) is 0 Å². The van der Waals surface area contributed by atoms with Gasteiger partial charge in [0, 0.05) is 17.4 Å². The number of amides is 2. The van der Waals surface area contributed by atoms with E-state index >= 15 is 0 Å². The summed E-state index contributed by atoms with van der Waals surface area (Å²) in [7, 11) is 0. The highest BCUT2D eigenvalue weighted by atomic mass is 32.1. The van der Waals surface area contributed by atoms with E-state index in [9.17, 15) is 42.3 Å². The number of nitrogens with one attached hydrogen (secondary N) is 2. The first-order valence-electron chi connectivity index (χ1n) is 12.5. The van der Waals surface area contributed by atoms with Crippen LogP contribution in [0, 0.1) is 11.2 Å². The number of hydrogen-bond donors (Lipinski definition) is 7. The van der Waals surface area contributed by atoms with Crippen LogP contribution in [0.25, 0.3) is 5.76 Å². The number of aliphatic carboxylic acids is 4. The van der Waals surface area contributed by atoms with Crippen molar-refractivity contribution in [2.75, 3.05) is 6.54 Å². The van der Waals surface area contributed by atoms with Gasteiger partial charge in [0.15, 0.2) is 11.6 Å². The molecule has 0 unspecified atom stereocenters. The Balaban J connectivity index is 0.00000129. The zero-order chi connectivity index (χ0) is 34.5. The lowest BCUT2D eigenvalue weighted by Crippen LogP contribution is -2.43. The molecule has 0 atom stereocenters. The average Bonchev–Trinajstić information content (AvgIpc) is 3.38. The van der Waals surface area contributed by atoms with Crippen LogP contribution in [0.2, 0.25) is 0 Å². The normalized spacial score (nSPS) is 11.5. The second-order valence-electron chi connectivity index (χ2n) is 8.86. The molecule has 2 rings (SSSR count). The third kappa shape index (κ3) is 13.2. The van der Waals surface area contributed by atoms with Crippen molar-refractivity contribution in [2.45, 2.75) is 39.2 Å². The van der Waals surface area contributed by atoms with Gasteiger partial charge in [-0.2, -0.15) is 8.78 Å². The third-order valence-corrected chi connectivity index (χ3v) is 6.15. The molecule has 0 bridgehead atoms. The SMILES string of the molecule is CC(F)(F)C(=O)O.CCC/C=C(\Oc1ccc(C(=N)N)cc1F)c1ccc(CN(CC(=O)O)C(=O)N/C(=C/C(=O)O)C(=O)O)s1. The number of alkyl halides is 2. The largest absolute Gasteiger partial charge is 0.480 e. The number of halogens is 3. The molecule has 1 aromatic heterocycles. The predicted octanol–water partition coefficient (Wildman–Crippen LogP) is 3.77. The van der Waals surface area contributed by atoms with E-state index < -0.39 is 53.9 Å². The minimum atomic E-state index is -3.58. The molecule has 0 aliphatic heterocycles. The van der Waals surface area contributed by atoms with Gasteiger partial charge < -0.3 is 41.1 Å². The molecule has 8 N–H and O–H groups in total. The van der Waals surface area contributed by atoms with Gasteiger partial charge in [-0.15, -0.1) is 11.3 Å². The molecule has 244 valence electrons. The van der Waals surface area contributed by atoms with Crippen LogP contribution in [0.3, 0.4) is 0 Å². The second-order valence-corrected chi connectivity index (χ2v) is 10.0. The molecule has 0 saturated carbocycles. The van der Waals surface area contributed by atoms with Crippen LogP contribution in [0.4, 0.5) is 18.0 Å². The molecule has 1 aromatic carbocycles. The smallest absolute Gasteiger partial charge is 0.374 e. The lowest BCUT2D eigenvalue weighted by Gasteiger charge is -2.20. The summed E-state index contributed by atoms with van der Waals surface area (Å²) in [4.78, 5) is 57.0. The fourth-order valence-electron chi connectivity index (χ4n) is 2.95. The number of carboxylic acid groups (broad SMARTS) is 4. The van der Waals surface area contributed by atoms with Crippen molar-refractivity contribution in [3.05, 3.63) is 69.3 Å². The standard InChI is InChI=1S/C24H25FN4O8S.C3H4F2O2/c1-2-3-4-18(37-17-7-5-13(22(26)27)9-15(17)25)19-8-6-14(38-19)11-29(12-21(32)33)24(36)28-16(23(34)35)10-20(30)31;1-3(4,5)2(6)7/h4-10H,2-3,11-12H2,1H3,(H3,26,27)(H,28,36)(H,30,31)(H,32,33)(H,34,35);1H3,(H,6,7)/b16-10+,18-4-;. The van der Waals surface area contributed by atoms with E-state index in [-0.39, 0.29) is 29.8 Å². The molecule has 0 aliphatic carbocycles. The monoisotopic (exact) mass is 658 g/mol. The fraction of sp³-hybridized carbons (Fsp3) is 0.259. The molecule has 0 radical (unpaired) electrons. The molecule has 2 amide bonds. The molecule has 1 heterocycles. The number of ether oxygens (including phenoxy) is 1. The highest BCUT2D eigenvalue weighted by Gasteiger charge is 2.31. The Hall–Kier alpha value is -5.39. The lowest BCUT2D eigenvalue weighted by molar-refractivity contribution is -0.162. The Morgan fingerprint density at radius 1 is 1.11 bits per heavy atom. The van der Waals surface area contributed by atoms with Gasteiger partial charge in [-0.3, -0.25) is 10.2 Å². The first kappa shape index (κ1) is 37.6. The maximum absolute atomic E-state index is 14.5. The molecule has 0 saturated heterocycles. The van der Waals surface area contributed by atoms with E-state index in [1.165, 1.54) is 12.1 Å². The summed E-state index contributed by atoms with van der Waals surface area (Å²) in [5, 5.41) is 43.9. The molecular weight excluding hydrogens is 629 g/mol. The number of hydrogen-bond acceptors (Lipinski definition) is 8. The highest BCUT2D eigenvalue weighted by Crippen LogP contribution is 2.30. The Kier molecular flexibility index (Phi) is 14.3. The molecule has 0 aliphatic rings. The van der Waals surface area contributed by atoms with Crippen molar-refractivity contribution in [3.8, 4) is 5.75 Å². The number of allylic oxidation sites excluding steroid dienone is 1. The molecule has 18 heteroatoms. The Morgan fingerprint density at radius 3 is 2.20 bits per heavy atom. The number of carbonyl (C=O) groups is 5. The molecule has 45 heavy (non-hydrogen) atoms. The fourth-order valence-corrected chi connectivity index (χ4v) is 3.95. The van der Waals surface area contributed by atoms with Crippen molar-refractivity contribution in [2.24, 2.45) is 5.73 Å². The molecular formula is C27H29F3N4O10S. The lowest BCUT2D eigenvalue weighted by atomic mass is 10.2. The third-order valence-electron chi connectivity index (χ3n) is 5.06. The number of amidine groups is 1. The number of nitrogens with two attached hydrogens (primary N) is 1. The van der Waals surface area contributed by atoms with Gasteiger partial charge in [0.2, 0.25) is 0 Å². The van der Waals surface area contributed by atoms with Crippen LogP contribution in [0.15, 0.2) is 48.2 Å². The predicted molar refractivity (Wildman–Crippen MR) is 153 cm³/mol. The topological polar surface area (TPSA) is 241 Å². The highest BCUT2D eigenvalue weighted by molar-refractivity contribution is 7.13. The number of rotatable bonds is 14. The van der Waals surface area contributed by atoms with E-state index in [1.807, 2.05) is 12.2 Å². The van der Waals surface area contributed by atoms with Crippen molar-refractivity contribution in [1.29, 1.82) is 5.41 Å². The maximum Gasteiger partial charge on any atom is 0.374 e. The van der Waals surface area contributed by atoms with Crippen LogP contribution in [-0.2, 0) is 25.7 Å². The number of carboxylic acids is 4.